The first-order chi connectivity index (χ1) is 9.77. The zero-order valence-corrected chi connectivity index (χ0v) is 11.9. The van der Waals surface area contributed by atoms with E-state index in [4.69, 9.17) is 16.7 Å². The van der Waals surface area contributed by atoms with Crippen LogP contribution in [0, 0.1) is 0 Å². The maximum absolute atomic E-state index is 12.7. The molecular weight excluding hydrogens is 327 g/mol. The zero-order chi connectivity index (χ0) is 15.6. The summed E-state index contributed by atoms with van der Waals surface area (Å²) < 4.78 is 38.1. The van der Waals surface area contributed by atoms with Crippen molar-refractivity contribution >= 4 is 34.6 Å². The molecule has 0 aliphatic rings. The molecule has 0 fully saturated rings. The number of hydrogen-bond acceptors (Lipinski definition) is 3. The van der Waals surface area contributed by atoms with E-state index >= 15 is 0 Å². The van der Waals surface area contributed by atoms with Crippen molar-refractivity contribution in [2.75, 3.05) is 5.32 Å². The maximum atomic E-state index is 12.7. The molecule has 1 heterocycles. The van der Waals surface area contributed by atoms with Gasteiger partial charge in [-0.1, -0.05) is 11.6 Å². The standard InChI is InChI=1S/C13H9ClF3NO2S/c14-11-2-1-8(4-10(11)13(15,16)17)18-5-9-3-7(6-21-9)12(19)20/h1-4,6,18H,5H2,(H,19,20). The summed E-state index contributed by atoms with van der Waals surface area (Å²) in [6.07, 6.45) is -4.52. The van der Waals surface area contributed by atoms with Crippen LogP contribution in [-0.2, 0) is 12.7 Å². The van der Waals surface area contributed by atoms with Gasteiger partial charge in [0.15, 0.2) is 0 Å². The van der Waals surface area contributed by atoms with E-state index in [9.17, 15) is 18.0 Å². The normalized spacial score (nSPS) is 11.4. The molecule has 8 heteroatoms. The highest BCUT2D eigenvalue weighted by molar-refractivity contribution is 7.10. The second-order valence-electron chi connectivity index (χ2n) is 4.15. The number of benzene rings is 1. The van der Waals surface area contributed by atoms with Crippen molar-refractivity contribution < 1.29 is 23.1 Å². The number of alkyl halides is 3. The number of rotatable bonds is 4. The van der Waals surface area contributed by atoms with Gasteiger partial charge in [0.05, 0.1) is 16.1 Å². The highest BCUT2D eigenvalue weighted by atomic mass is 35.5. The molecule has 0 bridgehead atoms. The van der Waals surface area contributed by atoms with Crippen LogP contribution in [0.5, 0.6) is 0 Å². The molecule has 0 radical (unpaired) electrons. The van der Waals surface area contributed by atoms with Gasteiger partial charge in [0.25, 0.3) is 0 Å². The largest absolute Gasteiger partial charge is 0.478 e. The zero-order valence-electron chi connectivity index (χ0n) is 10.4. The fourth-order valence-corrected chi connectivity index (χ4v) is 2.65. The van der Waals surface area contributed by atoms with Crippen molar-refractivity contribution in [1.82, 2.24) is 0 Å². The second-order valence-corrected chi connectivity index (χ2v) is 5.56. The van der Waals surface area contributed by atoms with Crippen molar-refractivity contribution in [1.29, 1.82) is 0 Å². The average Bonchev–Trinajstić information content (AvgIpc) is 2.85. The number of carboxylic acids is 1. The smallest absolute Gasteiger partial charge is 0.417 e. The molecule has 112 valence electrons. The van der Waals surface area contributed by atoms with Gasteiger partial charge in [-0.2, -0.15) is 13.2 Å². The van der Waals surface area contributed by atoms with Crippen molar-refractivity contribution in [3.8, 4) is 0 Å². The van der Waals surface area contributed by atoms with Crippen LogP contribution in [0.3, 0.4) is 0 Å². The summed E-state index contributed by atoms with van der Waals surface area (Å²) in [4.78, 5) is 11.4. The maximum Gasteiger partial charge on any atom is 0.417 e. The minimum absolute atomic E-state index is 0.156. The monoisotopic (exact) mass is 335 g/mol. The van der Waals surface area contributed by atoms with Crippen LogP contribution in [0.15, 0.2) is 29.6 Å². The molecule has 0 amide bonds. The van der Waals surface area contributed by atoms with Gasteiger partial charge in [-0.15, -0.1) is 11.3 Å². The van der Waals surface area contributed by atoms with Gasteiger partial charge in [0.1, 0.15) is 0 Å². The Morgan fingerprint density at radius 3 is 2.62 bits per heavy atom. The Labute approximate surface area is 127 Å². The molecule has 0 saturated carbocycles. The molecule has 1 aromatic carbocycles. The summed E-state index contributed by atoms with van der Waals surface area (Å²) in [6, 6.07) is 5.00. The number of carbonyl (C=O) groups is 1. The van der Waals surface area contributed by atoms with Gasteiger partial charge in [-0.3, -0.25) is 0 Å². The fourth-order valence-electron chi connectivity index (χ4n) is 1.63. The number of thiophene rings is 1. The van der Waals surface area contributed by atoms with E-state index in [0.29, 0.717) is 4.88 Å². The number of halogens is 4. The first-order valence-corrected chi connectivity index (χ1v) is 6.94. The Balaban J connectivity index is 2.11. The highest BCUT2D eigenvalue weighted by Crippen LogP contribution is 2.36. The number of nitrogens with one attached hydrogen (secondary N) is 1. The minimum Gasteiger partial charge on any atom is -0.478 e. The molecule has 1 aromatic heterocycles. The van der Waals surface area contributed by atoms with Crippen LogP contribution in [0.1, 0.15) is 20.8 Å². The number of carboxylic acid groups (broad SMARTS) is 1. The third-order valence-corrected chi connectivity index (χ3v) is 3.91. The third-order valence-electron chi connectivity index (χ3n) is 2.64. The molecule has 0 unspecified atom stereocenters. The van der Waals surface area contributed by atoms with Crippen LogP contribution in [0.2, 0.25) is 5.02 Å². The van der Waals surface area contributed by atoms with Gasteiger partial charge in [0.2, 0.25) is 0 Å². The lowest BCUT2D eigenvalue weighted by Crippen LogP contribution is -2.07. The molecule has 3 nitrogen and oxygen atoms in total. The summed E-state index contributed by atoms with van der Waals surface area (Å²) >= 11 is 6.74. The van der Waals surface area contributed by atoms with Gasteiger partial charge >= 0.3 is 12.1 Å². The van der Waals surface area contributed by atoms with Gasteiger partial charge < -0.3 is 10.4 Å². The number of aromatic carboxylic acids is 1. The highest BCUT2D eigenvalue weighted by Gasteiger charge is 2.33. The van der Waals surface area contributed by atoms with E-state index in [1.807, 2.05) is 0 Å². The summed E-state index contributed by atoms with van der Waals surface area (Å²) in [7, 11) is 0. The summed E-state index contributed by atoms with van der Waals surface area (Å²) in [6.45, 7) is 0.233. The second kappa shape index (κ2) is 5.95. The van der Waals surface area contributed by atoms with Gasteiger partial charge in [0, 0.05) is 22.5 Å². The summed E-state index contributed by atoms with van der Waals surface area (Å²) in [5.41, 5.74) is -0.493. The third kappa shape index (κ3) is 3.89. The lowest BCUT2D eigenvalue weighted by atomic mass is 10.2. The summed E-state index contributed by atoms with van der Waals surface area (Å²) in [5.74, 6) is -1.04. The van der Waals surface area contributed by atoms with Crippen LogP contribution >= 0.6 is 22.9 Å². The Hall–Kier alpha value is -1.73. The predicted octanol–water partition coefficient (Wildman–Crippen LogP) is 4.73. The van der Waals surface area contributed by atoms with Crippen LogP contribution in [0.4, 0.5) is 18.9 Å². The Morgan fingerprint density at radius 1 is 1.33 bits per heavy atom. The Kier molecular flexibility index (Phi) is 4.43. The topological polar surface area (TPSA) is 49.3 Å². The van der Waals surface area contributed by atoms with Crippen LogP contribution in [0.25, 0.3) is 0 Å². The van der Waals surface area contributed by atoms with Crippen molar-refractivity contribution in [2.24, 2.45) is 0 Å². The Bertz CT molecular complexity index is 670. The average molecular weight is 336 g/mol. The van der Waals surface area contributed by atoms with Crippen molar-refractivity contribution in [3.63, 3.8) is 0 Å². The first kappa shape index (κ1) is 15.7. The molecule has 21 heavy (non-hydrogen) atoms. The van der Waals surface area contributed by atoms with Crippen molar-refractivity contribution in [3.05, 3.63) is 50.7 Å². The van der Waals surface area contributed by atoms with Gasteiger partial charge in [-0.05, 0) is 24.3 Å². The molecule has 0 aliphatic carbocycles. The molecule has 2 rings (SSSR count). The molecular formula is C13H9ClF3NO2S. The lowest BCUT2D eigenvalue weighted by molar-refractivity contribution is -0.137. The number of hydrogen-bond donors (Lipinski definition) is 2. The van der Waals surface area contributed by atoms with Gasteiger partial charge in [-0.25, -0.2) is 4.79 Å². The van der Waals surface area contributed by atoms with E-state index in [0.717, 1.165) is 6.07 Å². The van der Waals surface area contributed by atoms with E-state index in [2.05, 4.69) is 5.32 Å². The summed E-state index contributed by atoms with van der Waals surface area (Å²) in [5, 5.41) is 12.7. The first-order valence-electron chi connectivity index (χ1n) is 5.68. The van der Waals surface area contributed by atoms with E-state index in [-0.39, 0.29) is 22.8 Å². The molecule has 0 aliphatic heterocycles. The molecule has 0 saturated heterocycles. The lowest BCUT2D eigenvalue weighted by Gasteiger charge is -2.12. The molecule has 0 spiro atoms. The van der Waals surface area contributed by atoms with Crippen LogP contribution in [-0.4, -0.2) is 11.1 Å². The van der Waals surface area contributed by atoms with Crippen LogP contribution < -0.4 is 5.32 Å². The fraction of sp³-hybridized carbons (Fsp3) is 0.154. The predicted molar refractivity (Wildman–Crippen MR) is 75.1 cm³/mol. The SMILES string of the molecule is O=C(O)c1csc(CNc2ccc(Cl)c(C(F)(F)F)c2)c1. The quantitative estimate of drug-likeness (QED) is 0.849. The number of anilines is 1. The van der Waals surface area contributed by atoms with E-state index in [1.54, 1.807) is 0 Å². The van der Waals surface area contributed by atoms with E-state index in [1.165, 1.54) is 34.9 Å². The molecule has 0 atom stereocenters. The van der Waals surface area contributed by atoms with E-state index < -0.39 is 17.7 Å². The molecule has 2 N–H and O–H groups in total. The molecule has 2 aromatic rings. The minimum atomic E-state index is -4.52. The van der Waals surface area contributed by atoms with Crippen molar-refractivity contribution in [2.45, 2.75) is 12.7 Å². The Morgan fingerprint density at radius 2 is 2.05 bits per heavy atom.